The van der Waals surface area contributed by atoms with Gasteiger partial charge in [-0.3, -0.25) is 14.4 Å². The zero-order valence-corrected chi connectivity index (χ0v) is 12.5. The molecule has 0 atom stereocenters. The lowest BCUT2D eigenvalue weighted by molar-refractivity contribution is -0.133. The minimum Gasteiger partial charge on any atom is -0.481 e. The van der Waals surface area contributed by atoms with Gasteiger partial charge in [-0.05, 0) is 24.1 Å². The quantitative estimate of drug-likeness (QED) is 0.684. The van der Waals surface area contributed by atoms with Crippen molar-refractivity contribution in [2.45, 2.75) is 12.8 Å². The van der Waals surface area contributed by atoms with E-state index in [1.165, 1.54) is 17.8 Å². The van der Waals surface area contributed by atoms with Gasteiger partial charge < -0.3 is 15.7 Å². The maximum absolute atomic E-state index is 13.9. The van der Waals surface area contributed by atoms with Crippen molar-refractivity contribution in [1.82, 2.24) is 5.32 Å². The molecule has 1 aliphatic heterocycles. The van der Waals surface area contributed by atoms with Gasteiger partial charge in [0.25, 0.3) is 5.91 Å². The summed E-state index contributed by atoms with van der Waals surface area (Å²) in [5, 5.41) is 13.6. The summed E-state index contributed by atoms with van der Waals surface area (Å²) in [6.45, 7) is 0.254. The van der Waals surface area contributed by atoms with Crippen molar-refractivity contribution in [1.29, 1.82) is 0 Å². The fourth-order valence-electron chi connectivity index (χ4n) is 2.07. The Balaban J connectivity index is 1.95. The first-order chi connectivity index (χ1) is 10.5. The molecule has 1 aromatic carbocycles. The summed E-state index contributed by atoms with van der Waals surface area (Å²) >= 11 is 1.17. The monoisotopic (exact) mass is 326 g/mol. The molecule has 0 radical (unpaired) electrons. The fourth-order valence-corrected chi connectivity index (χ4v) is 2.63. The van der Waals surface area contributed by atoms with Crippen LogP contribution in [0.3, 0.4) is 0 Å². The second-order valence-electron chi connectivity index (χ2n) is 4.74. The molecule has 118 valence electrons. The van der Waals surface area contributed by atoms with E-state index >= 15 is 0 Å². The molecule has 1 aliphatic rings. The van der Waals surface area contributed by atoms with Crippen LogP contribution in [0.2, 0.25) is 0 Å². The molecule has 1 heterocycles. The van der Waals surface area contributed by atoms with Gasteiger partial charge in [0.1, 0.15) is 5.82 Å². The third-order valence-corrected chi connectivity index (χ3v) is 4.03. The van der Waals surface area contributed by atoms with Crippen molar-refractivity contribution >= 4 is 35.2 Å². The van der Waals surface area contributed by atoms with Crippen molar-refractivity contribution in [2.24, 2.45) is 0 Å². The predicted molar refractivity (Wildman–Crippen MR) is 80.6 cm³/mol. The van der Waals surface area contributed by atoms with Crippen molar-refractivity contribution in [2.75, 3.05) is 23.4 Å². The normalized spacial score (nSPS) is 13.2. The maximum atomic E-state index is 13.9. The molecule has 8 heteroatoms. The van der Waals surface area contributed by atoms with Gasteiger partial charge in [-0.25, -0.2) is 4.39 Å². The Bertz CT molecular complexity index is 621. The first kappa shape index (κ1) is 16.3. The largest absolute Gasteiger partial charge is 0.481 e. The SMILES string of the molecule is O=C(O)CSCCNC(=O)c1cc2c(cc1F)NC(=O)CC2. The molecule has 6 nitrogen and oxygen atoms in total. The molecule has 0 saturated heterocycles. The number of hydrogen-bond acceptors (Lipinski definition) is 4. The Morgan fingerprint density at radius 2 is 2.14 bits per heavy atom. The lowest BCUT2D eigenvalue weighted by atomic mass is 9.99. The summed E-state index contributed by atoms with van der Waals surface area (Å²) in [6, 6.07) is 2.60. The van der Waals surface area contributed by atoms with E-state index in [9.17, 15) is 18.8 Å². The number of amides is 2. The average molecular weight is 326 g/mol. The number of hydrogen-bond donors (Lipinski definition) is 3. The number of rotatable bonds is 6. The summed E-state index contributed by atoms with van der Waals surface area (Å²) in [5.74, 6) is -1.94. The number of carbonyl (C=O) groups excluding carboxylic acids is 2. The Morgan fingerprint density at radius 3 is 2.86 bits per heavy atom. The number of fused-ring (bicyclic) bond motifs is 1. The van der Waals surface area contributed by atoms with Crippen molar-refractivity contribution < 1.29 is 23.9 Å². The smallest absolute Gasteiger partial charge is 0.313 e. The lowest BCUT2D eigenvalue weighted by Crippen LogP contribution is -2.28. The van der Waals surface area contributed by atoms with E-state index in [0.717, 1.165) is 11.6 Å². The summed E-state index contributed by atoms with van der Waals surface area (Å²) in [4.78, 5) is 33.5. The van der Waals surface area contributed by atoms with Gasteiger partial charge in [0.15, 0.2) is 0 Å². The van der Waals surface area contributed by atoms with Gasteiger partial charge in [0.2, 0.25) is 5.91 Å². The van der Waals surface area contributed by atoms with Crippen LogP contribution in [-0.2, 0) is 16.0 Å². The average Bonchev–Trinajstić information content (AvgIpc) is 2.45. The van der Waals surface area contributed by atoms with Gasteiger partial charge in [0.05, 0.1) is 11.3 Å². The number of thioether (sulfide) groups is 1. The second-order valence-corrected chi connectivity index (χ2v) is 5.84. The highest BCUT2D eigenvalue weighted by Gasteiger charge is 2.20. The summed E-state index contributed by atoms with van der Waals surface area (Å²) in [6.07, 6.45) is 0.779. The number of halogens is 1. The topological polar surface area (TPSA) is 95.5 Å². The Hall–Kier alpha value is -2.09. The first-order valence-electron chi connectivity index (χ1n) is 6.67. The number of anilines is 1. The molecule has 0 saturated carbocycles. The predicted octanol–water partition coefficient (Wildman–Crippen LogP) is 1.26. The summed E-state index contributed by atoms with van der Waals surface area (Å²) in [5.41, 5.74) is 1.06. The standard InChI is InChI=1S/C14H15FN2O4S/c15-10-6-11-8(1-2-12(18)17-11)5-9(10)14(21)16-3-4-22-7-13(19)20/h5-6H,1-4,7H2,(H,16,21)(H,17,18)(H,19,20). The van der Waals surface area contributed by atoms with Crippen LogP contribution in [0.15, 0.2) is 12.1 Å². The van der Waals surface area contributed by atoms with Gasteiger partial charge in [-0.15, -0.1) is 11.8 Å². The van der Waals surface area contributed by atoms with E-state index in [-0.39, 0.29) is 23.8 Å². The molecule has 0 bridgehead atoms. The number of aryl methyl sites for hydroxylation is 1. The van der Waals surface area contributed by atoms with Crippen molar-refractivity contribution in [3.05, 3.63) is 29.1 Å². The summed E-state index contributed by atoms with van der Waals surface area (Å²) < 4.78 is 13.9. The zero-order valence-electron chi connectivity index (χ0n) is 11.6. The highest BCUT2D eigenvalue weighted by Crippen LogP contribution is 2.25. The summed E-state index contributed by atoms with van der Waals surface area (Å²) in [7, 11) is 0. The third kappa shape index (κ3) is 4.20. The van der Waals surface area contributed by atoms with E-state index in [1.54, 1.807) is 0 Å². The molecule has 1 aromatic rings. The van der Waals surface area contributed by atoms with E-state index < -0.39 is 17.7 Å². The van der Waals surface area contributed by atoms with E-state index in [4.69, 9.17) is 5.11 Å². The molecular formula is C14H15FN2O4S. The van der Waals surface area contributed by atoms with Crippen LogP contribution in [0, 0.1) is 5.82 Å². The minimum absolute atomic E-state index is 0.0389. The van der Waals surface area contributed by atoms with Crippen LogP contribution in [0.1, 0.15) is 22.3 Å². The molecule has 22 heavy (non-hydrogen) atoms. The fraction of sp³-hybridized carbons (Fsp3) is 0.357. The van der Waals surface area contributed by atoms with E-state index in [1.807, 2.05) is 0 Å². The number of carbonyl (C=O) groups is 3. The maximum Gasteiger partial charge on any atom is 0.313 e. The van der Waals surface area contributed by atoms with E-state index in [0.29, 0.717) is 24.3 Å². The molecule has 0 fully saturated rings. The Morgan fingerprint density at radius 1 is 1.36 bits per heavy atom. The minimum atomic E-state index is -0.917. The Labute approximate surface area is 130 Å². The van der Waals surface area contributed by atoms with Crippen LogP contribution in [0.25, 0.3) is 0 Å². The number of carboxylic acid groups (broad SMARTS) is 1. The highest BCUT2D eigenvalue weighted by atomic mass is 32.2. The number of benzene rings is 1. The van der Waals surface area contributed by atoms with E-state index in [2.05, 4.69) is 10.6 Å². The molecule has 2 rings (SSSR count). The van der Waals surface area contributed by atoms with Gasteiger partial charge in [-0.1, -0.05) is 0 Å². The number of aliphatic carboxylic acids is 1. The van der Waals surface area contributed by atoms with Gasteiger partial charge in [-0.2, -0.15) is 0 Å². The zero-order chi connectivity index (χ0) is 16.1. The van der Waals surface area contributed by atoms with Crippen LogP contribution in [0.4, 0.5) is 10.1 Å². The Kier molecular flexibility index (Phi) is 5.37. The lowest BCUT2D eigenvalue weighted by Gasteiger charge is -2.18. The van der Waals surface area contributed by atoms with Crippen LogP contribution in [0.5, 0.6) is 0 Å². The molecule has 2 amide bonds. The second kappa shape index (κ2) is 7.26. The molecule has 0 unspecified atom stereocenters. The van der Waals surface area contributed by atoms with Crippen LogP contribution >= 0.6 is 11.8 Å². The molecule has 0 aliphatic carbocycles. The van der Waals surface area contributed by atoms with Gasteiger partial charge >= 0.3 is 5.97 Å². The molecular weight excluding hydrogens is 311 g/mol. The first-order valence-corrected chi connectivity index (χ1v) is 7.83. The van der Waals surface area contributed by atoms with Crippen molar-refractivity contribution in [3.63, 3.8) is 0 Å². The van der Waals surface area contributed by atoms with Crippen LogP contribution in [-0.4, -0.2) is 40.9 Å². The molecule has 3 N–H and O–H groups in total. The van der Waals surface area contributed by atoms with Crippen LogP contribution < -0.4 is 10.6 Å². The van der Waals surface area contributed by atoms with Gasteiger partial charge in [0, 0.05) is 24.4 Å². The number of nitrogens with one attached hydrogen (secondary N) is 2. The van der Waals surface area contributed by atoms with Crippen molar-refractivity contribution in [3.8, 4) is 0 Å². The molecule has 0 aromatic heterocycles. The third-order valence-electron chi connectivity index (χ3n) is 3.09. The molecule has 0 spiro atoms. The number of carboxylic acids is 1. The highest BCUT2D eigenvalue weighted by molar-refractivity contribution is 7.99.